The fourth-order valence-corrected chi connectivity index (χ4v) is 3.62. The van der Waals surface area contributed by atoms with Crippen LogP contribution in [0.3, 0.4) is 0 Å². The maximum atomic E-state index is 12.1. The predicted molar refractivity (Wildman–Crippen MR) is 94.6 cm³/mol. The van der Waals surface area contributed by atoms with E-state index in [0.29, 0.717) is 16.8 Å². The van der Waals surface area contributed by atoms with Crippen molar-refractivity contribution in [3.8, 4) is 0 Å². The van der Waals surface area contributed by atoms with E-state index in [1.165, 1.54) is 24.6 Å². The Morgan fingerprint density at radius 2 is 2.28 bits per heavy atom. The number of hydrogen-bond donors (Lipinski definition) is 2. The highest BCUT2D eigenvalue weighted by atomic mass is 32.2. The fourth-order valence-electron chi connectivity index (χ4n) is 2.97. The van der Waals surface area contributed by atoms with Crippen molar-refractivity contribution in [3.05, 3.63) is 23.8 Å². The van der Waals surface area contributed by atoms with E-state index in [-0.39, 0.29) is 11.9 Å². The quantitative estimate of drug-likeness (QED) is 0.749. The molecule has 25 heavy (non-hydrogen) atoms. The molecule has 1 unspecified atom stereocenters. The van der Waals surface area contributed by atoms with E-state index in [2.05, 4.69) is 35.4 Å². The van der Waals surface area contributed by atoms with Gasteiger partial charge in [0.1, 0.15) is 5.82 Å². The van der Waals surface area contributed by atoms with Crippen LogP contribution in [0.1, 0.15) is 36.7 Å². The molecular weight excluding hydrogens is 338 g/mol. The molecule has 1 saturated heterocycles. The van der Waals surface area contributed by atoms with Gasteiger partial charge in [0.15, 0.2) is 0 Å². The highest BCUT2D eigenvalue weighted by Gasteiger charge is 2.28. The number of hydrogen-bond acceptors (Lipinski definition) is 7. The van der Waals surface area contributed by atoms with Crippen molar-refractivity contribution < 1.29 is 4.79 Å². The van der Waals surface area contributed by atoms with Crippen LogP contribution < -0.4 is 10.2 Å². The van der Waals surface area contributed by atoms with E-state index in [1.807, 2.05) is 19.2 Å². The Morgan fingerprint density at radius 3 is 3.04 bits per heavy atom. The van der Waals surface area contributed by atoms with Gasteiger partial charge in [0.05, 0.1) is 5.75 Å². The summed E-state index contributed by atoms with van der Waals surface area (Å²) in [5, 5.41) is 10.5. The molecule has 1 amide bonds. The normalized spacial score (nSPS) is 20.0. The minimum absolute atomic E-state index is 0.00644. The van der Waals surface area contributed by atoms with Crippen LogP contribution >= 0.6 is 11.8 Å². The second kappa shape index (κ2) is 6.99. The lowest BCUT2D eigenvalue weighted by molar-refractivity contribution is -0.119. The molecule has 2 N–H and O–H groups in total. The molecule has 8 nitrogen and oxygen atoms in total. The predicted octanol–water partition coefficient (Wildman–Crippen LogP) is 1.27. The summed E-state index contributed by atoms with van der Waals surface area (Å²) in [6, 6.07) is 2.15. The van der Waals surface area contributed by atoms with Gasteiger partial charge in [-0.25, -0.2) is 15.0 Å². The molecule has 3 heterocycles. The number of carbonyl (C=O) groups excluding carboxylic acids is 1. The average Bonchev–Trinajstić information content (AvgIpc) is 3.23. The molecule has 1 saturated carbocycles. The monoisotopic (exact) mass is 359 g/mol. The number of rotatable bonds is 6. The first-order valence-electron chi connectivity index (χ1n) is 8.56. The Bertz CT molecular complexity index is 760. The molecule has 2 aliphatic rings. The number of H-pyrrole nitrogens is 1. The SMILES string of the molecule is Cc1nc(SCC(=O)NC2CCN(c3nccc(C4CC4)n3)C2)n[nH]1. The van der Waals surface area contributed by atoms with E-state index < -0.39 is 0 Å². The summed E-state index contributed by atoms with van der Waals surface area (Å²) < 4.78 is 0. The van der Waals surface area contributed by atoms with E-state index in [4.69, 9.17) is 0 Å². The van der Waals surface area contributed by atoms with Gasteiger partial charge < -0.3 is 10.2 Å². The third-order valence-corrected chi connectivity index (χ3v) is 5.25. The number of thioether (sulfide) groups is 1. The van der Waals surface area contributed by atoms with E-state index in [0.717, 1.165) is 37.0 Å². The molecule has 132 valence electrons. The molecule has 2 fully saturated rings. The van der Waals surface area contributed by atoms with Crippen molar-refractivity contribution in [1.29, 1.82) is 0 Å². The van der Waals surface area contributed by atoms with Crippen LogP contribution in [-0.2, 0) is 4.79 Å². The van der Waals surface area contributed by atoms with Gasteiger partial charge in [-0.2, -0.15) is 0 Å². The standard InChI is InChI=1S/C16H21N7OS/c1-10-18-16(22-21-10)25-9-14(24)19-12-5-7-23(8-12)15-17-6-4-13(20-15)11-2-3-11/h4,6,11-12H,2-3,5,7-9H2,1H3,(H,19,24)(H,18,21,22). The van der Waals surface area contributed by atoms with Crippen LogP contribution in [0.2, 0.25) is 0 Å². The zero-order valence-corrected chi connectivity index (χ0v) is 14.9. The first-order chi connectivity index (χ1) is 12.2. The van der Waals surface area contributed by atoms with Crippen molar-refractivity contribution in [2.24, 2.45) is 0 Å². The molecule has 0 radical (unpaired) electrons. The molecule has 0 aromatic carbocycles. The van der Waals surface area contributed by atoms with Crippen molar-refractivity contribution in [1.82, 2.24) is 30.5 Å². The van der Waals surface area contributed by atoms with Gasteiger partial charge >= 0.3 is 0 Å². The number of aryl methyl sites for hydroxylation is 1. The number of aromatic amines is 1. The number of nitrogens with one attached hydrogen (secondary N) is 2. The molecule has 9 heteroatoms. The minimum atomic E-state index is 0.00644. The molecule has 0 spiro atoms. The van der Waals surface area contributed by atoms with Crippen molar-refractivity contribution in [3.63, 3.8) is 0 Å². The van der Waals surface area contributed by atoms with Gasteiger partial charge in [0.25, 0.3) is 0 Å². The third-order valence-electron chi connectivity index (χ3n) is 4.41. The summed E-state index contributed by atoms with van der Waals surface area (Å²) in [5.41, 5.74) is 1.15. The van der Waals surface area contributed by atoms with Gasteiger partial charge in [-0.3, -0.25) is 9.89 Å². The first kappa shape index (κ1) is 16.3. The Hall–Kier alpha value is -2.16. The molecule has 4 rings (SSSR count). The topological polar surface area (TPSA) is 99.7 Å². The van der Waals surface area contributed by atoms with Crippen LogP contribution in [0.25, 0.3) is 0 Å². The fraction of sp³-hybridized carbons (Fsp3) is 0.562. The highest BCUT2D eigenvalue weighted by molar-refractivity contribution is 7.99. The van der Waals surface area contributed by atoms with Crippen molar-refractivity contribution in [2.45, 2.75) is 43.3 Å². The molecular formula is C16H21N7OS. The average molecular weight is 359 g/mol. The summed E-state index contributed by atoms with van der Waals surface area (Å²) >= 11 is 1.34. The maximum absolute atomic E-state index is 12.1. The third kappa shape index (κ3) is 4.09. The molecule has 0 bridgehead atoms. The van der Waals surface area contributed by atoms with Crippen LogP contribution in [0, 0.1) is 6.92 Å². The minimum Gasteiger partial charge on any atom is -0.351 e. The van der Waals surface area contributed by atoms with E-state index in [1.54, 1.807) is 0 Å². The lowest BCUT2D eigenvalue weighted by atomic mass is 10.2. The van der Waals surface area contributed by atoms with Crippen molar-refractivity contribution >= 4 is 23.6 Å². The summed E-state index contributed by atoms with van der Waals surface area (Å²) in [7, 11) is 0. The van der Waals surface area contributed by atoms with Gasteiger partial charge in [0, 0.05) is 36.9 Å². The van der Waals surface area contributed by atoms with Crippen LogP contribution in [-0.4, -0.2) is 55.9 Å². The number of nitrogens with zero attached hydrogens (tertiary/aromatic N) is 5. The lowest BCUT2D eigenvalue weighted by Gasteiger charge is -2.17. The summed E-state index contributed by atoms with van der Waals surface area (Å²) in [6.07, 6.45) is 5.22. The van der Waals surface area contributed by atoms with Gasteiger partial charge in [-0.15, -0.1) is 5.10 Å². The summed E-state index contributed by atoms with van der Waals surface area (Å²) in [5.74, 6) is 2.49. The number of anilines is 1. The second-order valence-electron chi connectivity index (χ2n) is 6.55. The Labute approximate surface area is 150 Å². The zero-order chi connectivity index (χ0) is 17.2. The second-order valence-corrected chi connectivity index (χ2v) is 7.49. The summed E-state index contributed by atoms with van der Waals surface area (Å²) in [6.45, 7) is 3.46. The molecule has 2 aromatic rings. The Balaban J connectivity index is 1.27. The highest BCUT2D eigenvalue weighted by Crippen LogP contribution is 2.39. The largest absolute Gasteiger partial charge is 0.351 e. The van der Waals surface area contributed by atoms with Crippen LogP contribution in [0.5, 0.6) is 0 Å². The van der Waals surface area contributed by atoms with E-state index in [9.17, 15) is 4.79 Å². The number of carbonyl (C=O) groups is 1. The van der Waals surface area contributed by atoms with Crippen molar-refractivity contribution in [2.75, 3.05) is 23.7 Å². The van der Waals surface area contributed by atoms with Crippen LogP contribution in [0.15, 0.2) is 17.4 Å². The Morgan fingerprint density at radius 1 is 1.40 bits per heavy atom. The molecule has 1 atom stereocenters. The van der Waals surface area contributed by atoms with Gasteiger partial charge in [-0.1, -0.05) is 11.8 Å². The molecule has 1 aliphatic heterocycles. The Kier molecular flexibility index (Phi) is 4.56. The molecule has 1 aliphatic carbocycles. The zero-order valence-electron chi connectivity index (χ0n) is 14.1. The number of aromatic nitrogens is 5. The van der Waals surface area contributed by atoms with E-state index >= 15 is 0 Å². The number of amides is 1. The van der Waals surface area contributed by atoms with Gasteiger partial charge in [0.2, 0.25) is 17.0 Å². The summed E-state index contributed by atoms with van der Waals surface area (Å²) in [4.78, 5) is 27.6. The first-order valence-corrected chi connectivity index (χ1v) is 9.55. The van der Waals surface area contributed by atoms with Crippen LogP contribution in [0.4, 0.5) is 5.95 Å². The molecule has 2 aromatic heterocycles. The van der Waals surface area contributed by atoms with Gasteiger partial charge in [-0.05, 0) is 32.3 Å². The smallest absolute Gasteiger partial charge is 0.230 e. The lowest BCUT2D eigenvalue weighted by Crippen LogP contribution is -2.38. The maximum Gasteiger partial charge on any atom is 0.230 e.